The number of rotatable bonds is 4. The minimum Gasteiger partial charge on any atom is -0.324 e. The second-order valence-electron chi connectivity index (χ2n) is 5.13. The van der Waals surface area contributed by atoms with Gasteiger partial charge in [0.05, 0.1) is 16.9 Å². The van der Waals surface area contributed by atoms with Crippen LogP contribution in [0.3, 0.4) is 0 Å². The van der Waals surface area contributed by atoms with Crippen molar-refractivity contribution in [1.29, 1.82) is 0 Å². The maximum atomic E-state index is 13.5. The van der Waals surface area contributed by atoms with Gasteiger partial charge < -0.3 is 10.6 Å². The average Bonchev–Trinajstić information content (AvgIpc) is 2.57. The molecule has 0 radical (unpaired) electrons. The monoisotopic (exact) mass is 323 g/mol. The summed E-state index contributed by atoms with van der Waals surface area (Å²) in [6, 6.07) is 14.8. The summed E-state index contributed by atoms with van der Waals surface area (Å²) in [5, 5.41) is 5.91. The summed E-state index contributed by atoms with van der Waals surface area (Å²) in [5.41, 5.74) is 1.21. The highest BCUT2D eigenvalue weighted by molar-refractivity contribution is 6.10. The molecule has 0 aliphatic heterocycles. The molecule has 0 bridgehead atoms. The van der Waals surface area contributed by atoms with Gasteiger partial charge in [0, 0.05) is 11.6 Å². The Morgan fingerprint density at radius 3 is 2.33 bits per heavy atom. The van der Waals surface area contributed by atoms with E-state index in [2.05, 4.69) is 15.6 Å². The maximum Gasteiger partial charge on any atom is 0.233 e. The Balaban J connectivity index is 1.67. The zero-order valence-electron chi connectivity index (χ0n) is 12.6. The fourth-order valence-corrected chi connectivity index (χ4v) is 2.30. The number of nitrogens with one attached hydrogen (secondary N) is 2. The first kappa shape index (κ1) is 15.6. The van der Waals surface area contributed by atoms with Crippen molar-refractivity contribution in [2.45, 2.75) is 6.42 Å². The molecule has 0 spiro atoms. The highest BCUT2D eigenvalue weighted by Crippen LogP contribution is 2.20. The second-order valence-corrected chi connectivity index (χ2v) is 5.13. The van der Waals surface area contributed by atoms with Crippen LogP contribution in [-0.4, -0.2) is 16.8 Å². The Morgan fingerprint density at radius 2 is 1.54 bits per heavy atom. The third-order valence-electron chi connectivity index (χ3n) is 3.38. The van der Waals surface area contributed by atoms with Crippen molar-refractivity contribution in [3.63, 3.8) is 0 Å². The zero-order chi connectivity index (χ0) is 16.9. The minimum absolute atomic E-state index is 0.0436. The molecule has 6 heteroatoms. The molecule has 0 aliphatic rings. The predicted octanol–water partition coefficient (Wildman–Crippen LogP) is 3.34. The predicted molar refractivity (Wildman–Crippen MR) is 90.0 cm³/mol. The first-order chi connectivity index (χ1) is 11.6. The number of pyridine rings is 1. The minimum atomic E-state index is -0.592. The van der Waals surface area contributed by atoms with Crippen LogP contribution < -0.4 is 10.6 Å². The summed E-state index contributed by atoms with van der Waals surface area (Å²) in [5.74, 6) is -1.64. The van der Waals surface area contributed by atoms with Crippen LogP contribution in [0.1, 0.15) is 6.42 Å². The van der Waals surface area contributed by atoms with Gasteiger partial charge in [-0.1, -0.05) is 30.3 Å². The third-order valence-corrected chi connectivity index (χ3v) is 3.38. The standard InChI is InChI=1S/C18H14FN3O2/c19-13-7-1-2-8-14(13)21-16(23)11-17(24)22-15-9-3-5-12-6-4-10-20-18(12)15/h1-10H,11H2,(H,21,23)(H,22,24). The summed E-state index contributed by atoms with van der Waals surface area (Å²) >= 11 is 0. The van der Waals surface area contributed by atoms with Crippen LogP contribution in [0.15, 0.2) is 60.8 Å². The molecule has 2 amide bonds. The molecule has 3 aromatic rings. The van der Waals surface area contributed by atoms with Gasteiger partial charge in [-0.2, -0.15) is 0 Å². The SMILES string of the molecule is O=C(CC(=O)Nc1cccc2cccnc12)Nc1ccccc1F. The molecule has 0 saturated heterocycles. The van der Waals surface area contributed by atoms with Crippen molar-refractivity contribution in [3.05, 3.63) is 66.6 Å². The van der Waals surface area contributed by atoms with Gasteiger partial charge in [-0.25, -0.2) is 4.39 Å². The van der Waals surface area contributed by atoms with Crippen LogP contribution >= 0.6 is 0 Å². The first-order valence-corrected chi connectivity index (χ1v) is 7.31. The van der Waals surface area contributed by atoms with Gasteiger partial charge in [0.15, 0.2) is 0 Å². The number of hydrogen-bond acceptors (Lipinski definition) is 3. The quantitative estimate of drug-likeness (QED) is 0.723. The number of halogens is 1. The largest absolute Gasteiger partial charge is 0.324 e. The average molecular weight is 323 g/mol. The van der Waals surface area contributed by atoms with Gasteiger partial charge in [0.25, 0.3) is 0 Å². The number of hydrogen-bond donors (Lipinski definition) is 2. The molecular formula is C18H14FN3O2. The molecule has 0 aliphatic carbocycles. The summed E-state index contributed by atoms with van der Waals surface area (Å²) in [6.07, 6.45) is 1.21. The lowest BCUT2D eigenvalue weighted by atomic mass is 10.2. The number of benzene rings is 2. The Bertz CT molecular complexity index is 906. The molecule has 24 heavy (non-hydrogen) atoms. The van der Waals surface area contributed by atoms with Gasteiger partial charge >= 0.3 is 0 Å². The van der Waals surface area contributed by atoms with Crippen LogP contribution in [0, 0.1) is 5.82 Å². The molecular weight excluding hydrogens is 309 g/mol. The van der Waals surface area contributed by atoms with E-state index in [1.165, 1.54) is 18.2 Å². The van der Waals surface area contributed by atoms with E-state index in [1.54, 1.807) is 30.5 Å². The summed E-state index contributed by atoms with van der Waals surface area (Å²) in [7, 11) is 0. The maximum absolute atomic E-state index is 13.5. The number of fused-ring (bicyclic) bond motifs is 1. The molecule has 120 valence electrons. The normalized spacial score (nSPS) is 10.4. The van der Waals surface area contributed by atoms with Crippen LogP contribution in [0.4, 0.5) is 15.8 Å². The Labute approximate surface area is 137 Å². The molecule has 1 aromatic heterocycles. The number of para-hydroxylation sites is 2. The van der Waals surface area contributed by atoms with Gasteiger partial charge in [-0.15, -0.1) is 0 Å². The fourth-order valence-electron chi connectivity index (χ4n) is 2.30. The summed E-state index contributed by atoms with van der Waals surface area (Å²) < 4.78 is 13.5. The number of carbonyl (C=O) groups excluding carboxylic acids is 2. The molecule has 0 unspecified atom stereocenters. The first-order valence-electron chi connectivity index (χ1n) is 7.31. The van der Waals surface area contributed by atoms with Crippen LogP contribution in [-0.2, 0) is 9.59 Å². The van der Waals surface area contributed by atoms with Crippen molar-refractivity contribution in [3.8, 4) is 0 Å². The van der Waals surface area contributed by atoms with E-state index >= 15 is 0 Å². The van der Waals surface area contributed by atoms with E-state index in [9.17, 15) is 14.0 Å². The van der Waals surface area contributed by atoms with Crippen LogP contribution in [0.25, 0.3) is 10.9 Å². The van der Waals surface area contributed by atoms with E-state index in [4.69, 9.17) is 0 Å². The van der Waals surface area contributed by atoms with Crippen molar-refractivity contribution in [2.75, 3.05) is 10.6 Å². The Hall–Kier alpha value is -3.28. The highest BCUT2D eigenvalue weighted by Gasteiger charge is 2.13. The van der Waals surface area contributed by atoms with E-state index in [0.29, 0.717) is 11.2 Å². The third kappa shape index (κ3) is 3.55. The molecule has 0 atom stereocenters. The van der Waals surface area contributed by atoms with Gasteiger partial charge in [0.2, 0.25) is 11.8 Å². The lowest BCUT2D eigenvalue weighted by Gasteiger charge is -2.09. The van der Waals surface area contributed by atoms with Gasteiger partial charge in [-0.05, 0) is 24.3 Å². The zero-order valence-corrected chi connectivity index (χ0v) is 12.6. The van der Waals surface area contributed by atoms with E-state index in [0.717, 1.165) is 5.39 Å². The van der Waals surface area contributed by atoms with E-state index in [-0.39, 0.29) is 5.69 Å². The molecule has 5 nitrogen and oxygen atoms in total. The van der Waals surface area contributed by atoms with Crippen molar-refractivity contribution in [2.24, 2.45) is 0 Å². The number of amides is 2. The lowest BCUT2D eigenvalue weighted by Crippen LogP contribution is -2.22. The van der Waals surface area contributed by atoms with Crippen LogP contribution in [0.2, 0.25) is 0 Å². The molecule has 1 heterocycles. The number of anilines is 2. The van der Waals surface area contributed by atoms with Crippen molar-refractivity contribution >= 4 is 34.1 Å². The smallest absolute Gasteiger partial charge is 0.233 e. The molecule has 2 N–H and O–H groups in total. The molecule has 0 fully saturated rings. The number of aromatic nitrogens is 1. The Morgan fingerprint density at radius 1 is 0.875 bits per heavy atom. The summed E-state index contributed by atoms with van der Waals surface area (Å²) in [4.78, 5) is 28.2. The lowest BCUT2D eigenvalue weighted by molar-refractivity contribution is -0.123. The highest BCUT2D eigenvalue weighted by atomic mass is 19.1. The Kier molecular flexibility index (Phi) is 4.47. The van der Waals surface area contributed by atoms with Crippen LogP contribution in [0.5, 0.6) is 0 Å². The number of carbonyl (C=O) groups is 2. The van der Waals surface area contributed by atoms with E-state index < -0.39 is 24.1 Å². The molecule has 0 saturated carbocycles. The van der Waals surface area contributed by atoms with Crippen molar-refractivity contribution < 1.29 is 14.0 Å². The topological polar surface area (TPSA) is 71.1 Å². The van der Waals surface area contributed by atoms with Gasteiger partial charge in [-0.3, -0.25) is 14.6 Å². The van der Waals surface area contributed by atoms with E-state index in [1.807, 2.05) is 12.1 Å². The van der Waals surface area contributed by atoms with Gasteiger partial charge in [0.1, 0.15) is 12.2 Å². The summed E-state index contributed by atoms with van der Waals surface area (Å²) in [6.45, 7) is 0. The fraction of sp³-hybridized carbons (Fsp3) is 0.0556. The number of nitrogens with zero attached hydrogens (tertiary/aromatic N) is 1. The molecule has 3 rings (SSSR count). The molecule has 2 aromatic carbocycles. The second kappa shape index (κ2) is 6.87. The van der Waals surface area contributed by atoms with Crippen molar-refractivity contribution in [1.82, 2.24) is 4.98 Å².